The van der Waals surface area contributed by atoms with Crippen molar-refractivity contribution in [1.82, 2.24) is 4.98 Å². The van der Waals surface area contributed by atoms with Gasteiger partial charge < -0.3 is 21.1 Å². The fourth-order valence-corrected chi connectivity index (χ4v) is 2.33. The second-order valence-electron chi connectivity index (χ2n) is 5.23. The number of nitrogens with zero attached hydrogens (tertiary/aromatic N) is 2. The lowest BCUT2D eigenvalue weighted by molar-refractivity contribution is -0.125. The van der Waals surface area contributed by atoms with Gasteiger partial charge >= 0.3 is 5.97 Å². The molecule has 1 aromatic heterocycles. The van der Waals surface area contributed by atoms with Gasteiger partial charge in [-0.2, -0.15) is 0 Å². The molecule has 1 fully saturated rings. The number of carbonyl (C=O) groups excluding carboxylic acids is 2. The molecule has 0 saturated carbocycles. The minimum Gasteiger partial charge on any atom is -0.465 e. The van der Waals surface area contributed by atoms with Gasteiger partial charge in [-0.15, -0.1) is 0 Å². The summed E-state index contributed by atoms with van der Waals surface area (Å²) in [4.78, 5) is 29.4. The average molecular weight is 278 g/mol. The molecule has 1 amide bonds. The summed E-state index contributed by atoms with van der Waals surface area (Å²) >= 11 is 0. The molecule has 1 saturated heterocycles. The Morgan fingerprint density at radius 2 is 2.20 bits per heavy atom. The molecule has 0 radical (unpaired) electrons. The van der Waals surface area contributed by atoms with Crippen LogP contribution in [-0.4, -0.2) is 37.1 Å². The highest BCUT2D eigenvalue weighted by Gasteiger charge is 2.40. The van der Waals surface area contributed by atoms with E-state index in [9.17, 15) is 9.59 Å². The van der Waals surface area contributed by atoms with Crippen LogP contribution in [0.1, 0.15) is 23.7 Å². The zero-order valence-electron chi connectivity index (χ0n) is 11.5. The van der Waals surface area contributed by atoms with Crippen LogP contribution in [0.15, 0.2) is 12.3 Å². The van der Waals surface area contributed by atoms with E-state index in [-0.39, 0.29) is 5.91 Å². The van der Waals surface area contributed by atoms with Crippen LogP contribution in [0, 0.1) is 5.41 Å². The third-order valence-electron chi connectivity index (χ3n) is 3.66. The molecule has 7 heteroatoms. The minimum absolute atomic E-state index is 0.293. The lowest BCUT2D eigenvalue weighted by Gasteiger charge is -2.23. The van der Waals surface area contributed by atoms with Gasteiger partial charge in [0, 0.05) is 13.1 Å². The Morgan fingerprint density at radius 3 is 2.75 bits per heavy atom. The Balaban J connectivity index is 2.35. The van der Waals surface area contributed by atoms with E-state index in [1.807, 2.05) is 11.8 Å². The number of hydrogen-bond acceptors (Lipinski definition) is 6. The first kappa shape index (κ1) is 14.1. The van der Waals surface area contributed by atoms with Gasteiger partial charge in [-0.05, 0) is 19.4 Å². The largest absolute Gasteiger partial charge is 0.465 e. The Morgan fingerprint density at radius 1 is 1.50 bits per heavy atom. The van der Waals surface area contributed by atoms with Crippen molar-refractivity contribution in [2.75, 3.05) is 30.8 Å². The van der Waals surface area contributed by atoms with Gasteiger partial charge in [-0.1, -0.05) is 0 Å². The van der Waals surface area contributed by atoms with Crippen LogP contribution in [-0.2, 0) is 9.53 Å². The standard InChI is InChI=1S/C13H18N4O3/c1-13(12(15)19)3-4-17(7-13)10-9(11(18)20-2)5-8(14)6-16-10/h5-6H,3-4,7,14H2,1-2H3,(H2,15,19). The maximum Gasteiger partial charge on any atom is 0.341 e. The number of carbonyl (C=O) groups is 2. The second kappa shape index (κ2) is 4.99. The van der Waals surface area contributed by atoms with E-state index in [1.54, 1.807) is 0 Å². The van der Waals surface area contributed by atoms with E-state index >= 15 is 0 Å². The molecular formula is C13H18N4O3. The van der Waals surface area contributed by atoms with Crippen LogP contribution in [0.4, 0.5) is 11.5 Å². The third-order valence-corrected chi connectivity index (χ3v) is 3.66. The van der Waals surface area contributed by atoms with Crippen molar-refractivity contribution in [3.05, 3.63) is 17.8 Å². The number of amides is 1. The van der Waals surface area contributed by atoms with Crippen molar-refractivity contribution in [3.8, 4) is 0 Å². The van der Waals surface area contributed by atoms with Crippen molar-refractivity contribution < 1.29 is 14.3 Å². The predicted molar refractivity (Wildman–Crippen MR) is 74.1 cm³/mol. The summed E-state index contributed by atoms with van der Waals surface area (Å²) in [6, 6.07) is 1.52. The molecule has 0 aromatic carbocycles. The van der Waals surface area contributed by atoms with Crippen LogP contribution in [0.25, 0.3) is 0 Å². The number of ether oxygens (including phenoxy) is 1. The van der Waals surface area contributed by atoms with E-state index in [1.165, 1.54) is 19.4 Å². The van der Waals surface area contributed by atoms with Gasteiger partial charge in [0.1, 0.15) is 11.4 Å². The van der Waals surface area contributed by atoms with Crippen LogP contribution in [0.5, 0.6) is 0 Å². The number of esters is 1. The Hall–Kier alpha value is -2.31. The van der Waals surface area contributed by atoms with Crippen molar-refractivity contribution in [3.63, 3.8) is 0 Å². The zero-order chi connectivity index (χ0) is 14.9. The number of methoxy groups -OCH3 is 1. The SMILES string of the molecule is COC(=O)c1cc(N)cnc1N1CCC(C)(C(N)=O)C1. The lowest BCUT2D eigenvalue weighted by Crippen LogP contribution is -2.37. The summed E-state index contributed by atoms with van der Waals surface area (Å²) in [5.74, 6) is -0.390. The number of aromatic nitrogens is 1. The molecule has 1 aromatic rings. The summed E-state index contributed by atoms with van der Waals surface area (Å²) in [5.41, 5.74) is 11.1. The highest BCUT2D eigenvalue weighted by atomic mass is 16.5. The first-order chi connectivity index (χ1) is 9.37. The van der Waals surface area contributed by atoms with Crippen molar-refractivity contribution in [1.29, 1.82) is 0 Å². The molecule has 0 spiro atoms. The smallest absolute Gasteiger partial charge is 0.341 e. The first-order valence-electron chi connectivity index (χ1n) is 6.26. The molecule has 0 bridgehead atoms. The van der Waals surface area contributed by atoms with Gasteiger partial charge in [0.15, 0.2) is 0 Å². The van der Waals surface area contributed by atoms with Gasteiger partial charge in [0.2, 0.25) is 5.91 Å². The predicted octanol–water partition coefficient (Wildman–Crippen LogP) is 0.152. The molecule has 4 N–H and O–H groups in total. The van der Waals surface area contributed by atoms with Crippen LogP contribution in [0.2, 0.25) is 0 Å². The van der Waals surface area contributed by atoms with Gasteiger partial charge in [0.25, 0.3) is 0 Å². The second-order valence-corrected chi connectivity index (χ2v) is 5.23. The molecule has 7 nitrogen and oxygen atoms in total. The third kappa shape index (κ3) is 2.38. The number of rotatable bonds is 3. The van der Waals surface area contributed by atoms with E-state index in [0.717, 1.165) is 0 Å². The van der Waals surface area contributed by atoms with Crippen molar-refractivity contribution >= 4 is 23.4 Å². The van der Waals surface area contributed by atoms with Crippen LogP contribution < -0.4 is 16.4 Å². The van der Waals surface area contributed by atoms with E-state index in [0.29, 0.717) is 36.6 Å². The average Bonchev–Trinajstić information content (AvgIpc) is 2.81. The van der Waals surface area contributed by atoms with E-state index in [4.69, 9.17) is 16.2 Å². The lowest BCUT2D eigenvalue weighted by atomic mass is 9.89. The number of primary amides is 1. The molecule has 0 aliphatic carbocycles. The fourth-order valence-electron chi connectivity index (χ4n) is 2.33. The number of pyridine rings is 1. The number of anilines is 2. The maximum absolute atomic E-state index is 11.8. The van der Waals surface area contributed by atoms with E-state index in [2.05, 4.69) is 4.98 Å². The van der Waals surface area contributed by atoms with Gasteiger partial charge in [-0.25, -0.2) is 9.78 Å². The Kier molecular flexibility index (Phi) is 3.52. The monoisotopic (exact) mass is 278 g/mol. The topological polar surface area (TPSA) is 112 Å². The molecular weight excluding hydrogens is 260 g/mol. The Bertz CT molecular complexity index is 561. The number of nitrogens with two attached hydrogens (primary N) is 2. The minimum atomic E-state index is -0.615. The molecule has 108 valence electrons. The summed E-state index contributed by atoms with van der Waals surface area (Å²) in [6.45, 7) is 2.83. The van der Waals surface area contributed by atoms with Crippen LogP contribution >= 0.6 is 0 Å². The maximum atomic E-state index is 11.8. The molecule has 1 unspecified atom stereocenters. The highest BCUT2D eigenvalue weighted by molar-refractivity contribution is 5.96. The summed E-state index contributed by atoms with van der Waals surface area (Å²) in [5, 5.41) is 0. The fraction of sp³-hybridized carbons (Fsp3) is 0.462. The van der Waals surface area contributed by atoms with Crippen LogP contribution in [0.3, 0.4) is 0 Å². The number of hydrogen-bond donors (Lipinski definition) is 2. The first-order valence-corrected chi connectivity index (χ1v) is 6.26. The van der Waals surface area contributed by atoms with Gasteiger partial charge in [-0.3, -0.25) is 4.79 Å². The molecule has 2 heterocycles. The summed E-state index contributed by atoms with van der Waals surface area (Å²) in [6.07, 6.45) is 2.09. The highest BCUT2D eigenvalue weighted by Crippen LogP contribution is 2.34. The molecule has 1 aliphatic heterocycles. The Labute approximate surface area is 116 Å². The zero-order valence-corrected chi connectivity index (χ0v) is 11.5. The van der Waals surface area contributed by atoms with Crippen molar-refractivity contribution in [2.45, 2.75) is 13.3 Å². The number of nitrogen functional groups attached to an aromatic ring is 1. The van der Waals surface area contributed by atoms with Crippen molar-refractivity contribution in [2.24, 2.45) is 11.1 Å². The normalized spacial score (nSPS) is 21.8. The summed E-state index contributed by atoms with van der Waals surface area (Å²) in [7, 11) is 1.30. The molecule has 1 aliphatic rings. The molecule has 20 heavy (non-hydrogen) atoms. The summed E-state index contributed by atoms with van der Waals surface area (Å²) < 4.78 is 4.74. The quantitative estimate of drug-likeness (QED) is 0.761. The molecule has 1 atom stereocenters. The molecule has 2 rings (SSSR count). The van der Waals surface area contributed by atoms with E-state index < -0.39 is 11.4 Å². The van der Waals surface area contributed by atoms with Gasteiger partial charge in [0.05, 0.1) is 24.4 Å².